The lowest BCUT2D eigenvalue weighted by atomic mass is 9.88. The number of nitrogens with zero attached hydrogens (tertiary/aromatic N) is 4. The summed E-state index contributed by atoms with van der Waals surface area (Å²) in [5.74, 6) is 0.720. The van der Waals surface area contributed by atoms with Crippen molar-refractivity contribution in [3.63, 3.8) is 0 Å². The van der Waals surface area contributed by atoms with Crippen LogP contribution in [-0.2, 0) is 24.2 Å². The summed E-state index contributed by atoms with van der Waals surface area (Å²) >= 11 is 2.78. The highest BCUT2D eigenvalue weighted by molar-refractivity contribution is 7.99. The largest absolute Gasteiger partial charge is 0.372 e. The summed E-state index contributed by atoms with van der Waals surface area (Å²) in [5, 5.41) is 12.9. The quantitative estimate of drug-likeness (QED) is 0.263. The second-order valence-electron chi connectivity index (χ2n) is 9.18. The molecule has 8 nitrogen and oxygen atoms in total. The zero-order valence-electron chi connectivity index (χ0n) is 21.6. The van der Waals surface area contributed by atoms with E-state index in [0.717, 1.165) is 59.9 Å². The van der Waals surface area contributed by atoms with Gasteiger partial charge in [0.05, 0.1) is 11.3 Å². The number of benzene rings is 1. The number of hydrogen-bond acceptors (Lipinski definition) is 7. The summed E-state index contributed by atoms with van der Waals surface area (Å²) in [6, 6.07) is 8.27. The number of fused-ring (bicyclic) bond motifs is 1. The number of nitrogens with one attached hydrogen (secondary N) is 1. The number of hydrogen-bond donors (Lipinski definition) is 2. The Morgan fingerprint density at radius 2 is 2.00 bits per heavy atom. The van der Waals surface area contributed by atoms with Gasteiger partial charge in [0, 0.05) is 35.8 Å². The SMILES string of the molecule is C=CCn1c(SCC(=O)Nc2sc3c(c2C(N)=O)CCC(C)C3)nnc1-c1ccc(N(CC)CC)cc1. The van der Waals surface area contributed by atoms with E-state index in [0.29, 0.717) is 28.2 Å². The van der Waals surface area contributed by atoms with E-state index < -0.39 is 5.91 Å². The lowest BCUT2D eigenvalue weighted by molar-refractivity contribution is -0.113. The van der Waals surface area contributed by atoms with E-state index in [-0.39, 0.29) is 11.7 Å². The van der Waals surface area contributed by atoms with Crippen molar-refractivity contribution in [2.24, 2.45) is 11.7 Å². The number of rotatable bonds is 11. The van der Waals surface area contributed by atoms with Crippen LogP contribution in [0, 0.1) is 5.92 Å². The van der Waals surface area contributed by atoms with Gasteiger partial charge in [-0.25, -0.2) is 0 Å². The van der Waals surface area contributed by atoms with Gasteiger partial charge in [0.15, 0.2) is 11.0 Å². The molecule has 0 spiro atoms. The van der Waals surface area contributed by atoms with Gasteiger partial charge in [0.1, 0.15) is 5.00 Å². The topological polar surface area (TPSA) is 106 Å². The van der Waals surface area contributed by atoms with Gasteiger partial charge in [0.25, 0.3) is 5.91 Å². The molecule has 3 N–H and O–H groups in total. The van der Waals surface area contributed by atoms with Gasteiger partial charge in [-0.15, -0.1) is 28.1 Å². The van der Waals surface area contributed by atoms with Gasteiger partial charge < -0.3 is 16.0 Å². The molecule has 0 saturated heterocycles. The molecule has 196 valence electrons. The minimum atomic E-state index is -0.489. The van der Waals surface area contributed by atoms with Gasteiger partial charge in [-0.05, 0) is 68.9 Å². The predicted octanol–water partition coefficient (Wildman–Crippen LogP) is 4.99. The smallest absolute Gasteiger partial charge is 0.251 e. The Labute approximate surface area is 226 Å². The Hall–Kier alpha value is -3.11. The van der Waals surface area contributed by atoms with Gasteiger partial charge in [-0.3, -0.25) is 14.2 Å². The third-order valence-corrected chi connectivity index (χ3v) is 8.76. The molecule has 0 fully saturated rings. The Morgan fingerprint density at radius 1 is 1.27 bits per heavy atom. The first kappa shape index (κ1) is 26.9. The molecule has 0 saturated carbocycles. The van der Waals surface area contributed by atoms with Crippen molar-refractivity contribution in [3.05, 3.63) is 52.9 Å². The molecular formula is C27H34N6O2S2. The summed E-state index contributed by atoms with van der Waals surface area (Å²) < 4.78 is 1.96. The van der Waals surface area contributed by atoms with Crippen molar-refractivity contribution in [3.8, 4) is 11.4 Å². The van der Waals surface area contributed by atoms with Crippen molar-refractivity contribution >= 4 is 45.6 Å². The maximum atomic E-state index is 12.9. The third kappa shape index (κ3) is 5.91. The summed E-state index contributed by atoms with van der Waals surface area (Å²) in [6.45, 7) is 12.8. The standard InChI is InChI=1S/C27H34N6O2S2/c1-5-14-33-25(18-9-11-19(12-10-18)32(6-2)7-3)30-31-27(33)36-16-22(34)29-26-23(24(28)35)20-13-8-17(4)15-21(20)37-26/h5,9-12,17H,1,6-8,13-16H2,2-4H3,(H2,28,35)(H,29,34). The lowest BCUT2D eigenvalue weighted by Gasteiger charge is -2.21. The number of anilines is 2. The summed E-state index contributed by atoms with van der Waals surface area (Å²) in [5.41, 5.74) is 9.27. The first-order valence-corrected chi connectivity index (χ1v) is 14.4. The van der Waals surface area contributed by atoms with E-state index in [1.54, 1.807) is 6.08 Å². The molecule has 1 aromatic carbocycles. The molecular weight excluding hydrogens is 504 g/mol. The fourth-order valence-electron chi connectivity index (χ4n) is 4.71. The van der Waals surface area contributed by atoms with Crippen LogP contribution in [-0.4, -0.2) is 45.4 Å². The average Bonchev–Trinajstić information content (AvgIpc) is 3.44. The number of amides is 2. The maximum Gasteiger partial charge on any atom is 0.251 e. The molecule has 1 aliphatic carbocycles. The van der Waals surface area contributed by atoms with Crippen LogP contribution in [0.2, 0.25) is 0 Å². The van der Waals surface area contributed by atoms with Crippen LogP contribution < -0.4 is 16.0 Å². The minimum Gasteiger partial charge on any atom is -0.372 e. The number of aromatic nitrogens is 3. The Kier molecular flexibility index (Phi) is 8.71. The van der Waals surface area contributed by atoms with Crippen molar-refractivity contribution in [2.45, 2.75) is 51.7 Å². The number of thioether (sulfide) groups is 1. The molecule has 0 bridgehead atoms. The molecule has 10 heteroatoms. The summed E-state index contributed by atoms with van der Waals surface area (Å²) in [4.78, 5) is 28.5. The normalized spacial score (nSPS) is 14.7. The molecule has 4 rings (SSSR count). The number of allylic oxidation sites excluding steroid dienone is 1. The van der Waals surface area contributed by atoms with Crippen LogP contribution in [0.25, 0.3) is 11.4 Å². The van der Waals surface area contributed by atoms with Crippen LogP contribution in [0.5, 0.6) is 0 Å². The molecule has 1 unspecified atom stereocenters. The fourth-order valence-corrected chi connectivity index (χ4v) is 6.89. The Morgan fingerprint density at radius 3 is 2.65 bits per heavy atom. The van der Waals surface area contributed by atoms with Gasteiger partial charge in [-0.2, -0.15) is 0 Å². The maximum absolute atomic E-state index is 12.9. The highest BCUT2D eigenvalue weighted by atomic mass is 32.2. The third-order valence-electron chi connectivity index (χ3n) is 6.63. The number of primary amides is 1. The molecule has 2 amide bonds. The zero-order chi connectivity index (χ0) is 26.5. The number of carbonyl (C=O) groups is 2. The fraction of sp³-hybridized carbons (Fsp3) is 0.407. The van der Waals surface area contributed by atoms with Crippen molar-refractivity contribution in [1.82, 2.24) is 14.8 Å². The Balaban J connectivity index is 1.48. The molecule has 0 aliphatic heterocycles. The molecule has 3 aromatic rings. The van der Waals surface area contributed by atoms with E-state index in [4.69, 9.17) is 5.73 Å². The zero-order valence-corrected chi connectivity index (χ0v) is 23.3. The molecule has 37 heavy (non-hydrogen) atoms. The highest BCUT2D eigenvalue weighted by Gasteiger charge is 2.27. The minimum absolute atomic E-state index is 0.132. The van der Waals surface area contributed by atoms with Crippen molar-refractivity contribution in [2.75, 3.05) is 29.1 Å². The summed E-state index contributed by atoms with van der Waals surface area (Å²) in [7, 11) is 0. The van der Waals surface area contributed by atoms with Crippen LogP contribution in [0.3, 0.4) is 0 Å². The van der Waals surface area contributed by atoms with E-state index >= 15 is 0 Å². The van der Waals surface area contributed by atoms with Crippen LogP contribution in [0.1, 0.15) is 48.0 Å². The predicted molar refractivity (Wildman–Crippen MR) is 153 cm³/mol. The number of nitrogens with two attached hydrogens (primary N) is 1. The summed E-state index contributed by atoms with van der Waals surface area (Å²) in [6.07, 6.45) is 4.54. The molecule has 2 aromatic heterocycles. The lowest BCUT2D eigenvalue weighted by Crippen LogP contribution is -2.21. The number of thiophene rings is 1. The molecule has 2 heterocycles. The first-order chi connectivity index (χ1) is 17.9. The van der Waals surface area contributed by atoms with Crippen LogP contribution in [0.4, 0.5) is 10.7 Å². The Bertz CT molecular complexity index is 1280. The molecule has 1 atom stereocenters. The second kappa shape index (κ2) is 12.0. The van der Waals surface area contributed by atoms with Gasteiger partial charge in [-0.1, -0.05) is 24.8 Å². The average molecular weight is 539 g/mol. The van der Waals surface area contributed by atoms with Crippen LogP contribution >= 0.6 is 23.1 Å². The molecule has 1 aliphatic rings. The highest BCUT2D eigenvalue weighted by Crippen LogP contribution is 2.39. The van der Waals surface area contributed by atoms with E-state index in [9.17, 15) is 9.59 Å². The van der Waals surface area contributed by atoms with Crippen LogP contribution in [0.15, 0.2) is 42.1 Å². The molecule has 0 radical (unpaired) electrons. The van der Waals surface area contributed by atoms with Gasteiger partial charge in [0.2, 0.25) is 5.91 Å². The second-order valence-corrected chi connectivity index (χ2v) is 11.2. The number of carbonyl (C=O) groups excluding carboxylic acids is 2. The van der Waals surface area contributed by atoms with Gasteiger partial charge >= 0.3 is 0 Å². The first-order valence-electron chi connectivity index (χ1n) is 12.6. The van der Waals surface area contributed by atoms with E-state index in [1.807, 2.05) is 16.7 Å². The van der Waals surface area contributed by atoms with E-state index in [1.165, 1.54) is 23.1 Å². The van der Waals surface area contributed by atoms with E-state index in [2.05, 4.69) is 59.9 Å². The van der Waals surface area contributed by atoms with Crippen molar-refractivity contribution in [1.29, 1.82) is 0 Å². The van der Waals surface area contributed by atoms with Crippen molar-refractivity contribution < 1.29 is 9.59 Å². The monoisotopic (exact) mass is 538 g/mol.